The third kappa shape index (κ3) is 2.92. The summed E-state index contributed by atoms with van der Waals surface area (Å²) in [6, 6.07) is 8.60. The maximum atomic E-state index is 14.0. The van der Waals surface area contributed by atoms with E-state index in [1.165, 1.54) is 24.3 Å². The molecule has 24 heavy (non-hydrogen) atoms. The monoisotopic (exact) mass is 350 g/mol. The van der Waals surface area contributed by atoms with Crippen molar-refractivity contribution in [3.05, 3.63) is 53.3 Å². The average Bonchev–Trinajstić information content (AvgIpc) is 3.02. The van der Waals surface area contributed by atoms with Crippen LogP contribution in [0.25, 0.3) is 0 Å². The van der Waals surface area contributed by atoms with E-state index in [-0.39, 0.29) is 10.6 Å². The number of hydrogen-bond acceptors (Lipinski definition) is 5. The zero-order chi connectivity index (χ0) is 17.3. The fourth-order valence-electron chi connectivity index (χ4n) is 2.49. The predicted molar refractivity (Wildman–Crippen MR) is 86.2 cm³/mol. The van der Waals surface area contributed by atoms with Crippen LogP contribution in [-0.2, 0) is 16.4 Å². The number of benzene rings is 2. The third-order valence-corrected chi connectivity index (χ3v) is 5.02. The summed E-state index contributed by atoms with van der Waals surface area (Å²) in [5.74, 6) is -1.78. The number of sulfonamides is 1. The van der Waals surface area contributed by atoms with Gasteiger partial charge in [0.25, 0.3) is 15.9 Å². The molecule has 0 bridgehead atoms. The molecule has 1 aliphatic rings. The molecule has 0 aliphatic carbocycles. The highest BCUT2D eigenvalue weighted by molar-refractivity contribution is 7.90. The highest BCUT2D eigenvalue weighted by Gasteiger charge is 2.28. The lowest BCUT2D eigenvalue weighted by molar-refractivity contribution is 0.0974. The summed E-state index contributed by atoms with van der Waals surface area (Å²) in [5, 5.41) is 2.81. The summed E-state index contributed by atoms with van der Waals surface area (Å²) in [6.45, 7) is 0.329. The molecule has 0 atom stereocenters. The number of amides is 1. The summed E-state index contributed by atoms with van der Waals surface area (Å²) >= 11 is 0. The largest absolute Gasteiger partial charge is 0.492 e. The van der Waals surface area contributed by atoms with Crippen molar-refractivity contribution in [1.29, 1.82) is 0 Å². The van der Waals surface area contributed by atoms with Gasteiger partial charge < -0.3 is 10.1 Å². The zero-order valence-electron chi connectivity index (χ0n) is 12.8. The molecule has 1 aliphatic heterocycles. The molecule has 0 aromatic heterocycles. The Morgan fingerprint density at radius 3 is 2.79 bits per heavy atom. The van der Waals surface area contributed by atoms with Crippen molar-refractivity contribution in [2.24, 2.45) is 0 Å². The van der Waals surface area contributed by atoms with Gasteiger partial charge in [-0.1, -0.05) is 12.1 Å². The second-order valence-corrected chi connectivity index (χ2v) is 6.90. The summed E-state index contributed by atoms with van der Waals surface area (Å²) < 4.78 is 46.0. The Morgan fingerprint density at radius 1 is 1.25 bits per heavy atom. The predicted octanol–water partition coefficient (Wildman–Crippen LogP) is 1.92. The standard InChI is InChI=1S/C16H15FN2O4S/c1-18-11-3-2-4-12(9-11)24(21,22)19-16(20)14-13(17)6-5-10-7-8-23-15(10)14/h2-6,9,18H,7-8H2,1H3,(H,19,20). The minimum absolute atomic E-state index is 0.100. The van der Waals surface area contributed by atoms with Gasteiger partial charge >= 0.3 is 0 Å². The molecule has 1 heterocycles. The van der Waals surface area contributed by atoms with Crippen LogP contribution in [0.5, 0.6) is 5.75 Å². The van der Waals surface area contributed by atoms with Crippen molar-refractivity contribution in [3.8, 4) is 5.75 Å². The van der Waals surface area contributed by atoms with Crippen LogP contribution in [0.2, 0.25) is 0 Å². The topological polar surface area (TPSA) is 84.5 Å². The van der Waals surface area contributed by atoms with Gasteiger partial charge in [-0.3, -0.25) is 4.79 Å². The summed E-state index contributed by atoms with van der Waals surface area (Å²) in [5.41, 5.74) is 0.856. The number of rotatable bonds is 4. The fourth-order valence-corrected chi connectivity index (χ4v) is 3.49. The first-order chi connectivity index (χ1) is 11.4. The smallest absolute Gasteiger partial charge is 0.271 e. The molecule has 2 N–H and O–H groups in total. The molecule has 8 heteroatoms. The van der Waals surface area contributed by atoms with Crippen LogP contribution in [0.15, 0.2) is 41.3 Å². The van der Waals surface area contributed by atoms with Gasteiger partial charge in [-0.15, -0.1) is 0 Å². The van der Waals surface area contributed by atoms with Crippen molar-refractivity contribution in [2.45, 2.75) is 11.3 Å². The SMILES string of the molecule is CNc1cccc(S(=O)(=O)NC(=O)c2c(F)ccc3c2OCC3)c1. The lowest BCUT2D eigenvalue weighted by atomic mass is 10.1. The van der Waals surface area contributed by atoms with Crippen LogP contribution in [0.4, 0.5) is 10.1 Å². The van der Waals surface area contributed by atoms with E-state index in [1.54, 1.807) is 13.1 Å². The second-order valence-electron chi connectivity index (χ2n) is 5.22. The maximum Gasteiger partial charge on any atom is 0.271 e. The van der Waals surface area contributed by atoms with Crippen LogP contribution in [0.3, 0.4) is 0 Å². The van der Waals surface area contributed by atoms with Crippen LogP contribution in [0.1, 0.15) is 15.9 Å². The van der Waals surface area contributed by atoms with Gasteiger partial charge in [-0.25, -0.2) is 17.5 Å². The van der Waals surface area contributed by atoms with Crippen LogP contribution in [0, 0.1) is 5.82 Å². The van der Waals surface area contributed by atoms with E-state index in [1.807, 2.05) is 4.72 Å². The molecular formula is C16H15FN2O4S. The summed E-state index contributed by atoms with van der Waals surface area (Å²) in [6.07, 6.45) is 0.548. The van der Waals surface area contributed by atoms with Gasteiger partial charge in [0.2, 0.25) is 0 Å². The highest BCUT2D eigenvalue weighted by atomic mass is 32.2. The number of carbonyl (C=O) groups excluding carboxylic acids is 1. The first kappa shape index (κ1) is 16.3. The average molecular weight is 350 g/mol. The van der Waals surface area contributed by atoms with E-state index in [0.717, 1.165) is 6.07 Å². The molecule has 0 fully saturated rings. The van der Waals surface area contributed by atoms with E-state index in [0.29, 0.717) is 24.3 Å². The van der Waals surface area contributed by atoms with Crippen LogP contribution < -0.4 is 14.8 Å². The molecule has 0 spiro atoms. The summed E-state index contributed by atoms with van der Waals surface area (Å²) in [7, 11) is -2.49. The number of ether oxygens (including phenoxy) is 1. The zero-order valence-corrected chi connectivity index (χ0v) is 13.6. The number of fused-ring (bicyclic) bond motifs is 1. The number of anilines is 1. The van der Waals surface area contributed by atoms with Gasteiger partial charge in [0, 0.05) is 19.2 Å². The van der Waals surface area contributed by atoms with E-state index in [9.17, 15) is 17.6 Å². The molecule has 6 nitrogen and oxygen atoms in total. The molecule has 0 unspecified atom stereocenters. The molecule has 3 rings (SSSR count). The van der Waals surface area contributed by atoms with Crippen molar-refractivity contribution in [2.75, 3.05) is 19.0 Å². The Hall–Kier alpha value is -2.61. The maximum absolute atomic E-state index is 14.0. The van der Waals surface area contributed by atoms with Crippen molar-refractivity contribution in [1.82, 2.24) is 4.72 Å². The Bertz CT molecular complexity index is 912. The van der Waals surface area contributed by atoms with Gasteiger partial charge in [0.05, 0.1) is 11.5 Å². The molecule has 0 radical (unpaired) electrons. The molecule has 2 aromatic rings. The first-order valence-corrected chi connectivity index (χ1v) is 8.70. The van der Waals surface area contributed by atoms with Gasteiger partial charge in [-0.2, -0.15) is 0 Å². The Balaban J connectivity index is 1.94. The third-order valence-electron chi connectivity index (χ3n) is 3.69. The molecule has 126 valence electrons. The van der Waals surface area contributed by atoms with E-state index in [2.05, 4.69) is 5.32 Å². The lowest BCUT2D eigenvalue weighted by Gasteiger charge is -2.11. The molecule has 1 amide bonds. The van der Waals surface area contributed by atoms with E-state index >= 15 is 0 Å². The van der Waals surface area contributed by atoms with Gasteiger partial charge in [0.1, 0.15) is 17.1 Å². The van der Waals surface area contributed by atoms with Gasteiger partial charge in [0.15, 0.2) is 0 Å². The molecule has 0 saturated heterocycles. The highest BCUT2D eigenvalue weighted by Crippen LogP contribution is 2.31. The van der Waals surface area contributed by atoms with E-state index < -0.39 is 27.3 Å². The number of nitrogens with one attached hydrogen (secondary N) is 2. The molecular weight excluding hydrogens is 335 g/mol. The lowest BCUT2D eigenvalue weighted by Crippen LogP contribution is -2.31. The minimum Gasteiger partial charge on any atom is -0.492 e. The van der Waals surface area contributed by atoms with E-state index in [4.69, 9.17) is 4.74 Å². The normalized spacial score (nSPS) is 13.1. The number of carbonyl (C=O) groups is 1. The van der Waals surface area contributed by atoms with Crippen molar-refractivity contribution >= 4 is 21.6 Å². The molecule has 0 saturated carbocycles. The Labute approximate surface area is 138 Å². The first-order valence-electron chi connectivity index (χ1n) is 7.21. The van der Waals surface area contributed by atoms with Crippen molar-refractivity contribution < 1.29 is 22.3 Å². The van der Waals surface area contributed by atoms with Crippen LogP contribution >= 0.6 is 0 Å². The van der Waals surface area contributed by atoms with Crippen molar-refractivity contribution in [3.63, 3.8) is 0 Å². The van der Waals surface area contributed by atoms with Crippen LogP contribution in [-0.4, -0.2) is 28.0 Å². The fraction of sp³-hybridized carbons (Fsp3) is 0.188. The quantitative estimate of drug-likeness (QED) is 0.880. The molecule has 2 aromatic carbocycles. The Kier molecular flexibility index (Phi) is 4.15. The Morgan fingerprint density at radius 2 is 2.04 bits per heavy atom. The van der Waals surface area contributed by atoms with Gasteiger partial charge in [-0.05, 0) is 29.8 Å². The second kappa shape index (κ2) is 6.12. The number of hydrogen-bond donors (Lipinski definition) is 2. The minimum atomic E-state index is -4.14. The number of halogens is 1. The summed E-state index contributed by atoms with van der Waals surface area (Å²) in [4.78, 5) is 12.2.